The van der Waals surface area contributed by atoms with Gasteiger partial charge in [0, 0.05) is 12.6 Å². The van der Waals surface area contributed by atoms with E-state index in [-0.39, 0.29) is 5.91 Å². The summed E-state index contributed by atoms with van der Waals surface area (Å²) < 4.78 is 15.9. The first-order chi connectivity index (χ1) is 13.5. The van der Waals surface area contributed by atoms with Gasteiger partial charge in [-0.05, 0) is 43.2 Å². The van der Waals surface area contributed by atoms with Crippen LogP contribution in [-0.2, 0) is 20.9 Å². The summed E-state index contributed by atoms with van der Waals surface area (Å²) >= 11 is 0. The van der Waals surface area contributed by atoms with Crippen LogP contribution >= 0.6 is 0 Å². The van der Waals surface area contributed by atoms with Crippen LogP contribution in [0.2, 0.25) is 0 Å². The average molecular weight is 383 g/mol. The standard InChI is InChI=1S/C22H25NO5/c1-4-27-19-12-10-17(14-20(19)26-3)11-13-21(24)28-16(2)22(25)23-15-18-8-6-5-7-9-18/h5-14,16H,4,15H2,1-3H3,(H,23,25)/b13-11+/t16-/m0/s1. The van der Waals surface area contributed by atoms with Gasteiger partial charge in [-0.1, -0.05) is 36.4 Å². The number of hydrogen-bond donors (Lipinski definition) is 1. The Labute approximate surface area is 165 Å². The third-order valence-corrected chi connectivity index (χ3v) is 3.87. The van der Waals surface area contributed by atoms with Gasteiger partial charge in [0.15, 0.2) is 17.6 Å². The van der Waals surface area contributed by atoms with Crippen LogP contribution in [0.15, 0.2) is 54.6 Å². The van der Waals surface area contributed by atoms with Gasteiger partial charge in [-0.15, -0.1) is 0 Å². The molecule has 0 radical (unpaired) electrons. The zero-order valence-electron chi connectivity index (χ0n) is 16.3. The van der Waals surface area contributed by atoms with Gasteiger partial charge >= 0.3 is 5.97 Å². The van der Waals surface area contributed by atoms with E-state index in [1.54, 1.807) is 31.4 Å². The topological polar surface area (TPSA) is 73.9 Å². The zero-order valence-corrected chi connectivity index (χ0v) is 16.3. The van der Waals surface area contributed by atoms with Crippen LogP contribution in [0, 0.1) is 0 Å². The molecule has 148 valence electrons. The van der Waals surface area contributed by atoms with Crippen molar-refractivity contribution in [3.05, 3.63) is 65.7 Å². The molecule has 1 N–H and O–H groups in total. The summed E-state index contributed by atoms with van der Waals surface area (Å²) in [5, 5.41) is 2.74. The minimum Gasteiger partial charge on any atom is -0.493 e. The minimum absolute atomic E-state index is 0.353. The first-order valence-corrected chi connectivity index (χ1v) is 9.04. The van der Waals surface area contributed by atoms with Crippen LogP contribution in [-0.4, -0.2) is 31.7 Å². The van der Waals surface area contributed by atoms with Crippen molar-refractivity contribution < 1.29 is 23.8 Å². The molecule has 2 aromatic rings. The van der Waals surface area contributed by atoms with Crippen molar-refractivity contribution in [3.63, 3.8) is 0 Å². The van der Waals surface area contributed by atoms with Gasteiger partial charge in [0.05, 0.1) is 13.7 Å². The van der Waals surface area contributed by atoms with E-state index in [2.05, 4.69) is 5.32 Å². The van der Waals surface area contributed by atoms with Crippen molar-refractivity contribution in [2.24, 2.45) is 0 Å². The molecule has 6 nitrogen and oxygen atoms in total. The Kier molecular flexibility index (Phi) is 8.09. The first kappa shape index (κ1) is 21.0. The number of rotatable bonds is 9. The number of carbonyl (C=O) groups excluding carboxylic acids is 2. The maximum Gasteiger partial charge on any atom is 0.331 e. The molecule has 1 amide bonds. The van der Waals surface area contributed by atoms with Gasteiger partial charge in [0.1, 0.15) is 0 Å². The normalized spacial score (nSPS) is 11.7. The molecule has 0 bridgehead atoms. The fourth-order valence-electron chi connectivity index (χ4n) is 2.42. The summed E-state index contributed by atoms with van der Waals surface area (Å²) in [4.78, 5) is 24.1. The molecule has 0 saturated carbocycles. The van der Waals surface area contributed by atoms with Crippen molar-refractivity contribution in [1.82, 2.24) is 5.32 Å². The Hall–Kier alpha value is -3.28. The Morgan fingerprint density at radius 3 is 2.54 bits per heavy atom. The number of methoxy groups -OCH3 is 1. The molecule has 28 heavy (non-hydrogen) atoms. The molecule has 0 aliphatic rings. The van der Waals surface area contributed by atoms with E-state index in [9.17, 15) is 9.59 Å². The van der Waals surface area contributed by atoms with Crippen LogP contribution in [0.5, 0.6) is 11.5 Å². The fraction of sp³-hybridized carbons (Fsp3) is 0.273. The lowest BCUT2D eigenvalue weighted by Gasteiger charge is -2.12. The van der Waals surface area contributed by atoms with E-state index in [1.165, 1.54) is 13.0 Å². The largest absolute Gasteiger partial charge is 0.493 e. The third kappa shape index (κ3) is 6.46. The molecule has 2 aromatic carbocycles. The molecule has 0 saturated heterocycles. The van der Waals surface area contributed by atoms with Crippen molar-refractivity contribution >= 4 is 18.0 Å². The molecule has 0 aliphatic carbocycles. The Balaban J connectivity index is 1.87. The summed E-state index contributed by atoms with van der Waals surface area (Å²) in [7, 11) is 1.55. The molecular formula is C22H25NO5. The summed E-state index contributed by atoms with van der Waals surface area (Å²) in [5.41, 5.74) is 1.72. The molecule has 0 unspecified atom stereocenters. The van der Waals surface area contributed by atoms with Crippen LogP contribution in [0.25, 0.3) is 6.08 Å². The molecule has 0 fully saturated rings. The molecule has 2 rings (SSSR count). The van der Waals surface area contributed by atoms with Gasteiger partial charge < -0.3 is 19.5 Å². The van der Waals surface area contributed by atoms with E-state index in [4.69, 9.17) is 14.2 Å². The highest BCUT2D eigenvalue weighted by atomic mass is 16.5. The molecule has 0 aromatic heterocycles. The highest BCUT2D eigenvalue weighted by Gasteiger charge is 2.16. The van der Waals surface area contributed by atoms with E-state index < -0.39 is 12.1 Å². The lowest BCUT2D eigenvalue weighted by molar-refractivity contribution is -0.150. The van der Waals surface area contributed by atoms with Gasteiger partial charge in [-0.25, -0.2) is 4.79 Å². The fourth-order valence-corrected chi connectivity index (χ4v) is 2.42. The predicted octanol–water partition coefficient (Wildman–Crippen LogP) is 3.36. The van der Waals surface area contributed by atoms with Crippen LogP contribution in [0.1, 0.15) is 25.0 Å². The molecule has 1 atom stereocenters. The average Bonchev–Trinajstić information content (AvgIpc) is 2.72. The molecule has 0 spiro atoms. The number of benzene rings is 2. The molecule has 0 heterocycles. The highest BCUT2D eigenvalue weighted by molar-refractivity contribution is 5.90. The monoisotopic (exact) mass is 383 g/mol. The Bertz CT molecular complexity index is 817. The lowest BCUT2D eigenvalue weighted by atomic mass is 10.2. The van der Waals surface area contributed by atoms with Gasteiger partial charge in [-0.2, -0.15) is 0 Å². The van der Waals surface area contributed by atoms with Gasteiger partial charge in [0.2, 0.25) is 0 Å². The second kappa shape index (κ2) is 10.8. The smallest absolute Gasteiger partial charge is 0.331 e. The van der Waals surface area contributed by atoms with E-state index in [0.717, 1.165) is 11.1 Å². The number of ether oxygens (including phenoxy) is 3. The Morgan fingerprint density at radius 2 is 1.86 bits per heavy atom. The highest BCUT2D eigenvalue weighted by Crippen LogP contribution is 2.28. The quantitative estimate of drug-likeness (QED) is 0.531. The number of esters is 1. The van der Waals surface area contributed by atoms with Crippen LogP contribution in [0.4, 0.5) is 0 Å². The first-order valence-electron chi connectivity index (χ1n) is 9.04. The molecule has 6 heteroatoms. The number of amides is 1. The van der Waals surface area contributed by atoms with Crippen molar-refractivity contribution in [2.75, 3.05) is 13.7 Å². The maximum absolute atomic E-state index is 12.1. The van der Waals surface area contributed by atoms with Crippen molar-refractivity contribution in [1.29, 1.82) is 0 Å². The number of carbonyl (C=O) groups is 2. The molecular weight excluding hydrogens is 358 g/mol. The minimum atomic E-state index is -0.893. The predicted molar refractivity (Wildman–Crippen MR) is 107 cm³/mol. The Morgan fingerprint density at radius 1 is 1.11 bits per heavy atom. The second-order valence-corrected chi connectivity index (χ2v) is 5.96. The number of hydrogen-bond acceptors (Lipinski definition) is 5. The van der Waals surface area contributed by atoms with E-state index >= 15 is 0 Å². The zero-order chi connectivity index (χ0) is 20.4. The summed E-state index contributed by atoms with van der Waals surface area (Å²) in [6.45, 7) is 4.33. The van der Waals surface area contributed by atoms with E-state index in [0.29, 0.717) is 24.7 Å². The lowest BCUT2D eigenvalue weighted by Crippen LogP contribution is -2.35. The number of nitrogens with one attached hydrogen (secondary N) is 1. The van der Waals surface area contributed by atoms with Crippen LogP contribution < -0.4 is 14.8 Å². The molecule has 0 aliphatic heterocycles. The van der Waals surface area contributed by atoms with Crippen molar-refractivity contribution in [3.8, 4) is 11.5 Å². The summed E-state index contributed by atoms with van der Waals surface area (Å²) in [6, 6.07) is 14.8. The third-order valence-electron chi connectivity index (χ3n) is 3.87. The maximum atomic E-state index is 12.1. The van der Waals surface area contributed by atoms with Gasteiger partial charge in [0.25, 0.3) is 5.91 Å². The SMILES string of the molecule is CCOc1ccc(/C=C/C(=O)O[C@@H](C)C(=O)NCc2ccccc2)cc1OC. The van der Waals surface area contributed by atoms with Gasteiger partial charge in [-0.3, -0.25) is 4.79 Å². The van der Waals surface area contributed by atoms with E-state index in [1.807, 2.05) is 37.3 Å². The summed E-state index contributed by atoms with van der Waals surface area (Å²) in [6.07, 6.45) is 1.97. The van der Waals surface area contributed by atoms with Crippen molar-refractivity contribution in [2.45, 2.75) is 26.5 Å². The second-order valence-electron chi connectivity index (χ2n) is 5.96. The summed E-state index contributed by atoms with van der Waals surface area (Å²) in [5.74, 6) is 0.253. The van der Waals surface area contributed by atoms with Crippen LogP contribution in [0.3, 0.4) is 0 Å².